The van der Waals surface area contributed by atoms with Crippen LogP contribution in [0.5, 0.6) is 0 Å². The summed E-state index contributed by atoms with van der Waals surface area (Å²) in [6.45, 7) is 9.38. The molecule has 0 saturated heterocycles. The maximum atomic E-state index is 4.64. The molecular weight excluding hydrogens is 272 g/mol. The molecule has 0 unspecified atom stereocenters. The number of aromatic nitrogens is 2. The highest BCUT2D eigenvalue weighted by Crippen LogP contribution is 2.20. The molecule has 0 saturated carbocycles. The Morgan fingerprint density at radius 3 is 2.32 bits per heavy atom. The molecule has 0 aliphatic carbocycles. The van der Waals surface area contributed by atoms with E-state index in [-0.39, 0.29) is 0 Å². The number of rotatable bonds is 6. The van der Waals surface area contributed by atoms with Crippen molar-refractivity contribution in [3.63, 3.8) is 0 Å². The average molecular weight is 298 g/mol. The summed E-state index contributed by atoms with van der Waals surface area (Å²) < 4.78 is 0. The predicted molar refractivity (Wildman–Crippen MR) is 94.1 cm³/mol. The molecule has 0 spiro atoms. The van der Waals surface area contributed by atoms with Gasteiger partial charge in [0.1, 0.15) is 5.82 Å². The fraction of sp³-hybridized carbons (Fsp3) is 0.444. The molecule has 0 radical (unpaired) electrons. The lowest BCUT2D eigenvalue weighted by molar-refractivity contribution is 0.749. The van der Waals surface area contributed by atoms with E-state index in [2.05, 4.69) is 59.2 Å². The van der Waals surface area contributed by atoms with E-state index in [1.165, 1.54) is 17.5 Å². The Morgan fingerprint density at radius 2 is 1.68 bits per heavy atom. The van der Waals surface area contributed by atoms with Gasteiger partial charge in [0.15, 0.2) is 0 Å². The number of anilines is 3. The summed E-state index contributed by atoms with van der Waals surface area (Å²) in [5.74, 6) is 1.62. The minimum atomic E-state index is 0.778. The topological polar surface area (TPSA) is 41.1 Å². The van der Waals surface area contributed by atoms with Crippen LogP contribution >= 0.6 is 0 Å². The maximum Gasteiger partial charge on any atom is 0.227 e. The molecule has 1 heterocycles. The van der Waals surface area contributed by atoms with Crippen LogP contribution in [-0.4, -0.2) is 23.6 Å². The molecule has 0 atom stereocenters. The van der Waals surface area contributed by atoms with E-state index in [1.54, 1.807) is 0 Å². The second kappa shape index (κ2) is 7.25. The first-order valence-corrected chi connectivity index (χ1v) is 7.90. The number of aryl methyl sites for hydroxylation is 3. The quantitative estimate of drug-likeness (QED) is 0.859. The standard InChI is InChI=1S/C18H26N4/c1-6-7-8-22(5)18-19-15(4)12-17(21-18)20-16-10-13(2)9-14(3)11-16/h9-12H,6-8H2,1-5H3,(H,19,20,21). The summed E-state index contributed by atoms with van der Waals surface area (Å²) in [6.07, 6.45) is 2.32. The van der Waals surface area contributed by atoms with Crippen LogP contribution in [0.4, 0.5) is 17.5 Å². The van der Waals surface area contributed by atoms with E-state index in [0.717, 1.165) is 36.1 Å². The number of hydrogen-bond acceptors (Lipinski definition) is 4. The molecule has 0 fully saturated rings. The Balaban J connectivity index is 2.22. The minimum absolute atomic E-state index is 0.778. The first-order valence-electron chi connectivity index (χ1n) is 7.90. The molecule has 0 amide bonds. The van der Waals surface area contributed by atoms with Crippen molar-refractivity contribution >= 4 is 17.5 Å². The first-order chi connectivity index (χ1) is 10.5. The van der Waals surface area contributed by atoms with E-state index in [1.807, 2.05) is 20.0 Å². The van der Waals surface area contributed by atoms with Gasteiger partial charge >= 0.3 is 0 Å². The van der Waals surface area contributed by atoms with Crippen molar-refractivity contribution in [3.05, 3.63) is 41.1 Å². The summed E-state index contributed by atoms with van der Waals surface area (Å²) in [5, 5.41) is 3.40. The van der Waals surface area contributed by atoms with E-state index in [4.69, 9.17) is 0 Å². The van der Waals surface area contributed by atoms with E-state index in [0.29, 0.717) is 0 Å². The van der Waals surface area contributed by atoms with Crippen LogP contribution in [0.25, 0.3) is 0 Å². The van der Waals surface area contributed by atoms with Crippen molar-refractivity contribution in [3.8, 4) is 0 Å². The van der Waals surface area contributed by atoms with Gasteiger partial charge in [0.25, 0.3) is 0 Å². The van der Waals surface area contributed by atoms with Gasteiger partial charge in [-0.15, -0.1) is 0 Å². The van der Waals surface area contributed by atoms with Crippen LogP contribution in [0.3, 0.4) is 0 Å². The molecule has 1 aromatic heterocycles. The Labute approximate surface area is 133 Å². The summed E-state index contributed by atoms with van der Waals surface area (Å²) in [7, 11) is 2.05. The van der Waals surface area contributed by atoms with E-state index in [9.17, 15) is 0 Å². The van der Waals surface area contributed by atoms with Crippen molar-refractivity contribution in [2.24, 2.45) is 0 Å². The third-order valence-corrected chi connectivity index (χ3v) is 3.53. The van der Waals surface area contributed by atoms with Gasteiger partial charge in [-0.25, -0.2) is 4.98 Å². The Bertz CT molecular complexity index is 617. The first kappa shape index (κ1) is 16.3. The highest BCUT2D eigenvalue weighted by molar-refractivity contribution is 5.59. The molecule has 4 heteroatoms. The van der Waals surface area contributed by atoms with Crippen molar-refractivity contribution in [1.29, 1.82) is 0 Å². The number of benzene rings is 1. The van der Waals surface area contributed by atoms with Crippen LogP contribution in [0.2, 0.25) is 0 Å². The predicted octanol–water partition coefficient (Wildman–Crippen LogP) is 4.38. The number of nitrogens with zero attached hydrogens (tertiary/aromatic N) is 3. The zero-order valence-corrected chi connectivity index (χ0v) is 14.3. The lowest BCUT2D eigenvalue weighted by atomic mass is 10.1. The van der Waals surface area contributed by atoms with Crippen LogP contribution in [0.1, 0.15) is 36.6 Å². The Hall–Kier alpha value is -2.10. The maximum absolute atomic E-state index is 4.64. The smallest absolute Gasteiger partial charge is 0.227 e. The van der Waals surface area contributed by atoms with Crippen molar-refractivity contribution in [2.75, 3.05) is 23.8 Å². The SMILES string of the molecule is CCCCN(C)c1nc(C)cc(Nc2cc(C)cc(C)c2)n1. The molecule has 0 aliphatic heterocycles. The van der Waals surface area contributed by atoms with Crippen molar-refractivity contribution < 1.29 is 0 Å². The Kier molecular flexibility index (Phi) is 5.36. The van der Waals surface area contributed by atoms with E-state index < -0.39 is 0 Å². The molecule has 4 nitrogen and oxygen atoms in total. The van der Waals surface area contributed by atoms with E-state index >= 15 is 0 Å². The van der Waals surface area contributed by atoms with Gasteiger partial charge in [-0.1, -0.05) is 19.4 Å². The van der Waals surface area contributed by atoms with Gasteiger partial charge in [0.2, 0.25) is 5.95 Å². The largest absolute Gasteiger partial charge is 0.344 e. The second-order valence-corrected chi connectivity index (χ2v) is 5.97. The number of unbranched alkanes of at least 4 members (excludes halogenated alkanes) is 1. The van der Waals surface area contributed by atoms with Crippen LogP contribution in [0, 0.1) is 20.8 Å². The lowest BCUT2D eigenvalue weighted by Crippen LogP contribution is -2.21. The fourth-order valence-electron chi connectivity index (χ4n) is 2.48. The zero-order chi connectivity index (χ0) is 16.1. The van der Waals surface area contributed by atoms with Gasteiger partial charge in [-0.2, -0.15) is 4.98 Å². The molecule has 2 aromatic rings. The third kappa shape index (κ3) is 4.45. The minimum Gasteiger partial charge on any atom is -0.344 e. The number of nitrogens with one attached hydrogen (secondary N) is 1. The molecule has 1 N–H and O–H groups in total. The summed E-state index contributed by atoms with van der Waals surface area (Å²) in [4.78, 5) is 11.3. The molecule has 22 heavy (non-hydrogen) atoms. The van der Waals surface area contributed by atoms with Gasteiger partial charge in [0, 0.05) is 31.0 Å². The molecule has 118 valence electrons. The highest BCUT2D eigenvalue weighted by atomic mass is 15.2. The summed E-state index contributed by atoms with van der Waals surface area (Å²) >= 11 is 0. The zero-order valence-electron chi connectivity index (χ0n) is 14.3. The molecule has 1 aromatic carbocycles. The summed E-state index contributed by atoms with van der Waals surface area (Å²) in [6, 6.07) is 8.41. The normalized spacial score (nSPS) is 10.6. The molecular formula is C18H26N4. The summed E-state index contributed by atoms with van der Waals surface area (Å²) in [5.41, 5.74) is 4.53. The van der Waals surface area contributed by atoms with Gasteiger partial charge in [-0.05, 0) is 50.5 Å². The van der Waals surface area contributed by atoms with Crippen molar-refractivity contribution in [2.45, 2.75) is 40.5 Å². The van der Waals surface area contributed by atoms with Crippen LogP contribution < -0.4 is 10.2 Å². The molecule has 2 rings (SSSR count). The third-order valence-electron chi connectivity index (χ3n) is 3.53. The lowest BCUT2D eigenvalue weighted by Gasteiger charge is -2.18. The highest BCUT2D eigenvalue weighted by Gasteiger charge is 2.07. The number of hydrogen-bond donors (Lipinski definition) is 1. The van der Waals surface area contributed by atoms with Gasteiger partial charge < -0.3 is 10.2 Å². The van der Waals surface area contributed by atoms with Crippen molar-refractivity contribution in [1.82, 2.24) is 9.97 Å². The van der Waals surface area contributed by atoms with Gasteiger partial charge in [-0.3, -0.25) is 0 Å². The average Bonchev–Trinajstić information content (AvgIpc) is 2.42. The van der Waals surface area contributed by atoms with Gasteiger partial charge in [0.05, 0.1) is 0 Å². The van der Waals surface area contributed by atoms with Crippen LogP contribution in [0.15, 0.2) is 24.3 Å². The fourth-order valence-corrected chi connectivity index (χ4v) is 2.48. The van der Waals surface area contributed by atoms with Crippen LogP contribution in [-0.2, 0) is 0 Å². The second-order valence-electron chi connectivity index (χ2n) is 5.97. The molecule has 0 aliphatic rings. The molecule has 0 bridgehead atoms. The Morgan fingerprint density at radius 1 is 1.00 bits per heavy atom. The monoisotopic (exact) mass is 298 g/mol.